The van der Waals surface area contributed by atoms with E-state index in [0.29, 0.717) is 0 Å². The summed E-state index contributed by atoms with van der Waals surface area (Å²) in [5.41, 5.74) is 26.6. The second-order valence-electron chi connectivity index (χ2n) is 8.91. The zero-order valence-corrected chi connectivity index (χ0v) is 24.5. The van der Waals surface area contributed by atoms with Crippen LogP contribution >= 0.6 is 63.7 Å². The Morgan fingerprint density at radius 3 is 0.941 bits per heavy atom. The largest absolute Gasteiger partial charge is 0.399 e. The summed E-state index contributed by atoms with van der Waals surface area (Å²) in [6, 6.07) is 16.3. The highest BCUT2D eigenvalue weighted by Gasteiger charge is 2.34. The van der Waals surface area contributed by atoms with Crippen LogP contribution in [-0.4, -0.2) is 0 Å². The molecule has 2 aliphatic carbocycles. The first-order valence-electron chi connectivity index (χ1n) is 11.1. The molecule has 2 aliphatic rings. The van der Waals surface area contributed by atoms with Crippen LogP contribution in [0.15, 0.2) is 66.4 Å². The molecule has 34 heavy (non-hydrogen) atoms. The van der Waals surface area contributed by atoms with Crippen molar-refractivity contribution >= 4 is 75.1 Å². The first-order chi connectivity index (χ1) is 16.4. The summed E-state index contributed by atoms with van der Waals surface area (Å²) in [5, 5.41) is 0. The molecule has 0 bridgehead atoms. The SMILES string of the molecule is Nc1ccc(-c2c(Br)c3c4c(c2Br)CCc2c(Br)c(-c5ccc(N)cc5)c(Br)c(c2-4)CC3)cc1. The van der Waals surface area contributed by atoms with Gasteiger partial charge in [-0.05, 0) is 158 Å². The third-order valence-corrected chi connectivity index (χ3v) is 10.5. The number of hydrogen-bond acceptors (Lipinski definition) is 2. The highest BCUT2D eigenvalue weighted by Crippen LogP contribution is 2.56. The van der Waals surface area contributed by atoms with E-state index < -0.39 is 0 Å². The van der Waals surface area contributed by atoms with Crippen LogP contribution in [0.3, 0.4) is 0 Å². The van der Waals surface area contributed by atoms with E-state index in [0.717, 1.165) is 37.1 Å². The van der Waals surface area contributed by atoms with Gasteiger partial charge in [-0.3, -0.25) is 0 Å². The van der Waals surface area contributed by atoms with E-state index in [4.69, 9.17) is 11.5 Å². The van der Waals surface area contributed by atoms with Crippen LogP contribution in [0.2, 0.25) is 0 Å². The minimum absolute atomic E-state index is 0.778. The van der Waals surface area contributed by atoms with E-state index in [1.54, 1.807) is 0 Å². The van der Waals surface area contributed by atoms with Crippen molar-refractivity contribution in [3.8, 4) is 33.4 Å². The van der Waals surface area contributed by atoms with Gasteiger partial charge in [-0.2, -0.15) is 0 Å². The molecule has 0 heterocycles. The van der Waals surface area contributed by atoms with Crippen LogP contribution in [0.1, 0.15) is 22.3 Å². The Hall–Kier alpha value is -1.60. The van der Waals surface area contributed by atoms with Crippen LogP contribution in [0.4, 0.5) is 11.4 Å². The number of halogens is 4. The molecule has 4 aromatic rings. The highest BCUT2D eigenvalue weighted by molar-refractivity contribution is 9.11. The lowest BCUT2D eigenvalue weighted by Crippen LogP contribution is -2.17. The Balaban J connectivity index is 1.63. The maximum Gasteiger partial charge on any atom is 0.0314 e. The molecule has 0 fully saturated rings. The zero-order valence-electron chi connectivity index (χ0n) is 18.1. The molecule has 0 atom stereocenters. The highest BCUT2D eigenvalue weighted by atomic mass is 79.9. The van der Waals surface area contributed by atoms with Crippen molar-refractivity contribution in [3.63, 3.8) is 0 Å². The number of nitrogens with two attached hydrogens (primary N) is 2. The number of benzene rings is 4. The molecule has 2 nitrogen and oxygen atoms in total. The molecular formula is C28H20Br4N2. The normalized spacial score (nSPS) is 13.6. The molecule has 0 aromatic heterocycles. The van der Waals surface area contributed by atoms with Gasteiger partial charge in [0.2, 0.25) is 0 Å². The van der Waals surface area contributed by atoms with Crippen molar-refractivity contribution in [1.82, 2.24) is 0 Å². The Kier molecular flexibility index (Phi) is 5.72. The van der Waals surface area contributed by atoms with Crippen LogP contribution in [0.25, 0.3) is 33.4 Å². The minimum atomic E-state index is 0.778. The summed E-state index contributed by atoms with van der Waals surface area (Å²) < 4.78 is 4.71. The predicted molar refractivity (Wildman–Crippen MR) is 157 cm³/mol. The first kappa shape index (κ1) is 22.8. The molecule has 170 valence electrons. The summed E-state index contributed by atoms with van der Waals surface area (Å²) in [6.45, 7) is 0. The molecule has 0 aliphatic heterocycles. The molecule has 6 heteroatoms. The van der Waals surface area contributed by atoms with Crippen molar-refractivity contribution < 1.29 is 0 Å². The number of anilines is 2. The van der Waals surface area contributed by atoms with E-state index in [1.165, 1.54) is 73.5 Å². The molecule has 0 amide bonds. The predicted octanol–water partition coefficient (Wildman–Crippen LogP) is 9.10. The van der Waals surface area contributed by atoms with Crippen LogP contribution < -0.4 is 11.5 Å². The van der Waals surface area contributed by atoms with E-state index in [2.05, 4.69) is 88.0 Å². The molecule has 6 rings (SSSR count). The Bertz CT molecular complexity index is 1310. The third kappa shape index (κ3) is 3.36. The Morgan fingerprint density at radius 1 is 0.412 bits per heavy atom. The lowest BCUT2D eigenvalue weighted by Gasteiger charge is -2.34. The maximum atomic E-state index is 5.96. The quantitative estimate of drug-likeness (QED) is 0.205. The van der Waals surface area contributed by atoms with Gasteiger partial charge >= 0.3 is 0 Å². The Labute approximate surface area is 232 Å². The van der Waals surface area contributed by atoms with Crippen molar-refractivity contribution in [1.29, 1.82) is 0 Å². The number of nitrogen functional groups attached to an aromatic ring is 2. The molecule has 4 aromatic carbocycles. The van der Waals surface area contributed by atoms with Gasteiger partial charge in [-0.25, -0.2) is 0 Å². The van der Waals surface area contributed by atoms with E-state index >= 15 is 0 Å². The summed E-state index contributed by atoms with van der Waals surface area (Å²) >= 11 is 16.0. The molecular weight excluding hydrogens is 684 g/mol. The lowest BCUT2D eigenvalue weighted by molar-refractivity contribution is 0.864. The van der Waals surface area contributed by atoms with Crippen molar-refractivity contribution in [2.24, 2.45) is 0 Å². The molecule has 0 spiro atoms. The van der Waals surface area contributed by atoms with E-state index in [1.807, 2.05) is 24.3 Å². The monoisotopic (exact) mass is 700 g/mol. The summed E-state index contributed by atoms with van der Waals surface area (Å²) in [6.07, 6.45) is 3.97. The van der Waals surface area contributed by atoms with Gasteiger partial charge in [0.25, 0.3) is 0 Å². The average Bonchev–Trinajstić information content (AvgIpc) is 2.83. The van der Waals surface area contributed by atoms with Gasteiger partial charge in [0.1, 0.15) is 0 Å². The van der Waals surface area contributed by atoms with Crippen LogP contribution in [0, 0.1) is 0 Å². The number of rotatable bonds is 2. The zero-order chi connectivity index (χ0) is 23.7. The fraction of sp³-hybridized carbons (Fsp3) is 0.143. The molecule has 0 unspecified atom stereocenters. The van der Waals surface area contributed by atoms with E-state index in [-0.39, 0.29) is 0 Å². The fourth-order valence-electron chi connectivity index (χ4n) is 5.45. The second-order valence-corrected chi connectivity index (χ2v) is 12.1. The number of hydrogen-bond donors (Lipinski definition) is 2. The fourth-order valence-corrected chi connectivity index (χ4v) is 9.28. The standard InChI is InChI=1S/C28H20Br4N2/c29-25-17-9-11-19-24-20(28(32)22(27(19)31)14-3-7-16(34)8-4-14)12-10-18(23(17)24)26(30)21(25)13-1-5-15(33)6-2-13/h1-8H,9-12,33-34H2. The second kappa shape index (κ2) is 8.51. The minimum Gasteiger partial charge on any atom is -0.399 e. The van der Waals surface area contributed by atoms with Gasteiger partial charge in [-0.15, -0.1) is 0 Å². The van der Waals surface area contributed by atoms with Gasteiger partial charge in [0.05, 0.1) is 0 Å². The third-order valence-electron chi connectivity index (χ3n) is 7.04. The average molecular weight is 704 g/mol. The maximum absolute atomic E-state index is 5.96. The van der Waals surface area contributed by atoms with Gasteiger partial charge in [-0.1, -0.05) is 24.3 Å². The molecule has 0 saturated carbocycles. The molecule has 0 saturated heterocycles. The molecule has 4 N–H and O–H groups in total. The molecule has 0 radical (unpaired) electrons. The van der Waals surface area contributed by atoms with Crippen LogP contribution in [-0.2, 0) is 25.7 Å². The van der Waals surface area contributed by atoms with Crippen LogP contribution in [0.5, 0.6) is 0 Å². The summed E-state index contributed by atoms with van der Waals surface area (Å²) in [5.74, 6) is 0. The van der Waals surface area contributed by atoms with Crippen molar-refractivity contribution in [2.75, 3.05) is 11.5 Å². The topological polar surface area (TPSA) is 52.0 Å². The summed E-state index contributed by atoms with van der Waals surface area (Å²) in [4.78, 5) is 0. The lowest BCUT2D eigenvalue weighted by atomic mass is 9.73. The van der Waals surface area contributed by atoms with Crippen molar-refractivity contribution in [2.45, 2.75) is 25.7 Å². The van der Waals surface area contributed by atoms with Gasteiger partial charge < -0.3 is 11.5 Å². The van der Waals surface area contributed by atoms with Gasteiger partial charge in [0.15, 0.2) is 0 Å². The van der Waals surface area contributed by atoms with E-state index in [9.17, 15) is 0 Å². The summed E-state index contributed by atoms with van der Waals surface area (Å²) in [7, 11) is 0. The first-order valence-corrected chi connectivity index (χ1v) is 14.3. The Morgan fingerprint density at radius 2 is 0.676 bits per heavy atom. The van der Waals surface area contributed by atoms with Gasteiger partial charge in [0, 0.05) is 40.4 Å². The van der Waals surface area contributed by atoms with Crippen molar-refractivity contribution in [3.05, 3.63) is 88.7 Å². The smallest absolute Gasteiger partial charge is 0.0314 e.